The Morgan fingerprint density at radius 1 is 1.16 bits per heavy atom. The van der Waals surface area contributed by atoms with E-state index in [1.807, 2.05) is 0 Å². The molecule has 0 aliphatic heterocycles. The average molecular weight is 344 g/mol. The van der Waals surface area contributed by atoms with Gasteiger partial charge in [0.15, 0.2) is 23.1 Å². The number of hydrogen-bond acceptors (Lipinski definition) is 5. The van der Waals surface area contributed by atoms with Crippen molar-refractivity contribution in [1.82, 2.24) is 4.98 Å². The van der Waals surface area contributed by atoms with E-state index in [1.54, 1.807) is 6.07 Å². The Morgan fingerprint density at radius 3 is 2.64 bits per heavy atom. The number of phenols is 1. The van der Waals surface area contributed by atoms with E-state index in [0.29, 0.717) is 16.7 Å². The van der Waals surface area contributed by atoms with E-state index in [4.69, 9.17) is 14.6 Å². The standard InChI is InChI=1S/C17H13FN2O5/c1-24-16-7-10-12(8-13(16)21)19-5-4-14(10)25-15-3-2-9(6-11(15)18)20-17(22)23/h2-8,20-21H,1H3,(H,22,23). The van der Waals surface area contributed by atoms with Gasteiger partial charge in [0.05, 0.1) is 12.6 Å². The van der Waals surface area contributed by atoms with Crippen LogP contribution in [0.1, 0.15) is 0 Å². The number of nitrogens with one attached hydrogen (secondary N) is 1. The van der Waals surface area contributed by atoms with Gasteiger partial charge in [-0.2, -0.15) is 0 Å². The highest BCUT2D eigenvalue weighted by Crippen LogP contribution is 2.37. The van der Waals surface area contributed by atoms with E-state index < -0.39 is 11.9 Å². The molecule has 0 saturated carbocycles. The number of nitrogens with zero attached hydrogens (tertiary/aromatic N) is 1. The van der Waals surface area contributed by atoms with Crippen LogP contribution in [0.5, 0.6) is 23.0 Å². The van der Waals surface area contributed by atoms with E-state index in [9.17, 15) is 14.3 Å². The number of fused-ring (bicyclic) bond motifs is 1. The Labute approximate surface area is 141 Å². The minimum atomic E-state index is -1.29. The summed E-state index contributed by atoms with van der Waals surface area (Å²) in [5.41, 5.74) is 0.531. The monoisotopic (exact) mass is 344 g/mol. The van der Waals surface area contributed by atoms with Crippen LogP contribution >= 0.6 is 0 Å². The molecule has 0 spiro atoms. The van der Waals surface area contributed by atoms with E-state index >= 15 is 0 Å². The van der Waals surface area contributed by atoms with Crippen LogP contribution in [0.25, 0.3) is 10.9 Å². The first-order valence-corrected chi connectivity index (χ1v) is 7.11. The molecular weight excluding hydrogens is 331 g/mol. The van der Waals surface area contributed by atoms with Crippen LogP contribution in [0.3, 0.4) is 0 Å². The molecule has 0 atom stereocenters. The molecule has 0 saturated heterocycles. The summed E-state index contributed by atoms with van der Waals surface area (Å²) in [5.74, 6) is -0.361. The van der Waals surface area contributed by atoms with Gasteiger partial charge in [-0.15, -0.1) is 0 Å². The van der Waals surface area contributed by atoms with Gasteiger partial charge >= 0.3 is 6.09 Å². The molecular formula is C17H13FN2O5. The summed E-state index contributed by atoms with van der Waals surface area (Å²) in [6.45, 7) is 0. The number of halogens is 1. The lowest BCUT2D eigenvalue weighted by Crippen LogP contribution is -2.07. The van der Waals surface area contributed by atoms with Gasteiger partial charge in [-0.3, -0.25) is 10.3 Å². The number of amides is 1. The number of anilines is 1. The molecule has 2 aromatic carbocycles. The lowest BCUT2D eigenvalue weighted by molar-refractivity contribution is 0.209. The molecule has 25 heavy (non-hydrogen) atoms. The number of aromatic hydroxyl groups is 1. The second kappa shape index (κ2) is 6.52. The summed E-state index contributed by atoms with van der Waals surface area (Å²) >= 11 is 0. The predicted octanol–water partition coefficient (Wildman–Crippen LogP) is 3.97. The SMILES string of the molecule is COc1cc2c(Oc3ccc(NC(=O)O)cc3F)ccnc2cc1O. The molecule has 7 nitrogen and oxygen atoms in total. The third-order valence-corrected chi connectivity index (χ3v) is 3.41. The van der Waals surface area contributed by atoms with Crippen molar-refractivity contribution in [3.63, 3.8) is 0 Å². The van der Waals surface area contributed by atoms with Gasteiger partial charge in [-0.25, -0.2) is 9.18 Å². The summed E-state index contributed by atoms with van der Waals surface area (Å²) in [6.07, 6.45) is 0.169. The van der Waals surface area contributed by atoms with Gasteiger partial charge in [-0.05, 0) is 24.3 Å². The first kappa shape index (κ1) is 16.3. The van der Waals surface area contributed by atoms with Crippen molar-refractivity contribution in [3.05, 3.63) is 48.4 Å². The molecule has 128 valence electrons. The number of benzene rings is 2. The Bertz CT molecular complexity index is 961. The largest absolute Gasteiger partial charge is 0.504 e. The Hall–Kier alpha value is -3.55. The van der Waals surface area contributed by atoms with Gasteiger partial charge in [0.2, 0.25) is 0 Å². The van der Waals surface area contributed by atoms with Crippen LogP contribution < -0.4 is 14.8 Å². The second-order valence-electron chi connectivity index (χ2n) is 5.03. The van der Waals surface area contributed by atoms with Crippen molar-refractivity contribution in [2.45, 2.75) is 0 Å². The minimum Gasteiger partial charge on any atom is -0.504 e. The Morgan fingerprint density at radius 2 is 1.96 bits per heavy atom. The quantitative estimate of drug-likeness (QED) is 0.662. The van der Waals surface area contributed by atoms with Gasteiger partial charge in [0.25, 0.3) is 0 Å². The zero-order valence-corrected chi connectivity index (χ0v) is 13.0. The smallest absolute Gasteiger partial charge is 0.409 e. The first-order chi connectivity index (χ1) is 12.0. The molecule has 3 N–H and O–H groups in total. The second-order valence-corrected chi connectivity index (χ2v) is 5.03. The zero-order valence-electron chi connectivity index (χ0n) is 13.0. The van der Waals surface area contributed by atoms with E-state index in [0.717, 1.165) is 6.07 Å². The molecule has 0 aliphatic carbocycles. The number of ether oxygens (including phenoxy) is 2. The normalized spacial score (nSPS) is 10.5. The van der Waals surface area contributed by atoms with Crippen LogP contribution in [0.4, 0.5) is 14.9 Å². The number of hydrogen-bond donors (Lipinski definition) is 3. The van der Waals surface area contributed by atoms with Crippen LogP contribution in [-0.2, 0) is 0 Å². The molecule has 0 aliphatic rings. The van der Waals surface area contributed by atoms with Crippen LogP contribution in [-0.4, -0.2) is 28.4 Å². The maximum atomic E-state index is 14.2. The molecule has 1 heterocycles. The number of carboxylic acid groups (broad SMARTS) is 1. The number of phenolic OH excluding ortho intramolecular Hbond substituents is 1. The fourth-order valence-electron chi connectivity index (χ4n) is 2.29. The zero-order chi connectivity index (χ0) is 18.0. The van der Waals surface area contributed by atoms with Gasteiger partial charge in [0, 0.05) is 29.4 Å². The number of rotatable bonds is 4. The molecule has 0 bridgehead atoms. The highest BCUT2D eigenvalue weighted by molar-refractivity contribution is 5.88. The van der Waals surface area contributed by atoms with E-state index in [1.165, 1.54) is 37.6 Å². The number of methoxy groups -OCH3 is 1. The summed E-state index contributed by atoms with van der Waals surface area (Å²) in [7, 11) is 1.41. The number of aromatic nitrogens is 1. The lowest BCUT2D eigenvalue weighted by Gasteiger charge is -2.12. The van der Waals surface area contributed by atoms with Crippen LogP contribution in [0.15, 0.2) is 42.6 Å². The van der Waals surface area contributed by atoms with Crippen LogP contribution in [0, 0.1) is 5.82 Å². The van der Waals surface area contributed by atoms with E-state index in [2.05, 4.69) is 10.3 Å². The van der Waals surface area contributed by atoms with Gasteiger partial charge in [0.1, 0.15) is 5.75 Å². The molecule has 0 unspecified atom stereocenters. The van der Waals surface area contributed by atoms with Gasteiger partial charge < -0.3 is 19.7 Å². The predicted molar refractivity (Wildman–Crippen MR) is 88.1 cm³/mol. The highest BCUT2D eigenvalue weighted by Gasteiger charge is 2.13. The molecule has 8 heteroatoms. The fourth-order valence-corrected chi connectivity index (χ4v) is 2.29. The fraction of sp³-hybridized carbons (Fsp3) is 0.0588. The van der Waals surface area contributed by atoms with Crippen molar-refractivity contribution < 1.29 is 28.9 Å². The highest BCUT2D eigenvalue weighted by atomic mass is 19.1. The summed E-state index contributed by atoms with van der Waals surface area (Å²) in [4.78, 5) is 14.7. The molecule has 3 rings (SSSR count). The van der Waals surface area contributed by atoms with Crippen molar-refractivity contribution in [2.75, 3.05) is 12.4 Å². The summed E-state index contributed by atoms with van der Waals surface area (Å²) in [5, 5.41) is 21.0. The van der Waals surface area contributed by atoms with Crippen molar-refractivity contribution >= 4 is 22.7 Å². The molecule has 1 aromatic heterocycles. The maximum Gasteiger partial charge on any atom is 0.409 e. The minimum absolute atomic E-state index is 0.0741. The van der Waals surface area contributed by atoms with Gasteiger partial charge in [-0.1, -0.05) is 0 Å². The van der Waals surface area contributed by atoms with E-state index in [-0.39, 0.29) is 22.9 Å². The molecule has 0 radical (unpaired) electrons. The van der Waals surface area contributed by atoms with Crippen molar-refractivity contribution in [3.8, 4) is 23.0 Å². The summed E-state index contributed by atoms with van der Waals surface area (Å²) < 4.78 is 24.8. The topological polar surface area (TPSA) is 101 Å². The van der Waals surface area contributed by atoms with Crippen molar-refractivity contribution in [2.24, 2.45) is 0 Å². The van der Waals surface area contributed by atoms with Crippen LogP contribution in [0.2, 0.25) is 0 Å². The molecule has 0 fully saturated rings. The van der Waals surface area contributed by atoms with Crippen molar-refractivity contribution in [1.29, 1.82) is 0 Å². The third kappa shape index (κ3) is 3.37. The Balaban J connectivity index is 1.99. The maximum absolute atomic E-state index is 14.2. The molecule has 3 aromatic rings. The lowest BCUT2D eigenvalue weighted by atomic mass is 10.2. The number of pyridine rings is 1. The Kier molecular flexibility index (Phi) is 4.25. The number of carbonyl (C=O) groups is 1. The first-order valence-electron chi connectivity index (χ1n) is 7.11. The third-order valence-electron chi connectivity index (χ3n) is 3.41. The summed E-state index contributed by atoms with van der Waals surface area (Å²) in [6, 6.07) is 8.19. The average Bonchev–Trinajstić information content (AvgIpc) is 2.56. The molecule has 1 amide bonds.